The minimum Gasteiger partial charge on any atom is -0.311 e. The van der Waals surface area contributed by atoms with Crippen molar-refractivity contribution in [3.05, 3.63) is 35.4 Å². The van der Waals surface area contributed by atoms with Crippen molar-refractivity contribution in [2.75, 3.05) is 0 Å². The van der Waals surface area contributed by atoms with Gasteiger partial charge in [-0.25, -0.2) is 0 Å². The summed E-state index contributed by atoms with van der Waals surface area (Å²) in [6.45, 7) is 4.59. The van der Waals surface area contributed by atoms with Gasteiger partial charge in [0.15, 0.2) is 0 Å². The molecule has 19 heavy (non-hydrogen) atoms. The molecule has 1 heteroatoms. The lowest BCUT2D eigenvalue weighted by atomic mass is 9.87. The molecule has 2 atom stereocenters. The van der Waals surface area contributed by atoms with Gasteiger partial charge in [0.25, 0.3) is 0 Å². The van der Waals surface area contributed by atoms with Gasteiger partial charge in [-0.3, -0.25) is 0 Å². The Labute approximate surface area is 118 Å². The first-order chi connectivity index (χ1) is 9.33. The van der Waals surface area contributed by atoms with Crippen molar-refractivity contribution in [2.45, 2.75) is 77.3 Å². The number of unbranched alkanes of at least 4 members (excludes halogenated alkanes) is 1. The Morgan fingerprint density at radius 3 is 2.63 bits per heavy atom. The van der Waals surface area contributed by atoms with Gasteiger partial charge in [-0.15, -0.1) is 0 Å². The molecule has 1 aromatic carbocycles. The van der Waals surface area contributed by atoms with Crippen LogP contribution in [0.25, 0.3) is 0 Å². The van der Waals surface area contributed by atoms with E-state index in [-0.39, 0.29) is 0 Å². The van der Waals surface area contributed by atoms with E-state index in [0.29, 0.717) is 6.04 Å². The molecule has 0 bridgehead atoms. The summed E-state index contributed by atoms with van der Waals surface area (Å²) in [6, 6.07) is 10.4. The first-order valence-electron chi connectivity index (χ1n) is 8.16. The molecule has 1 N–H and O–H groups in total. The highest BCUT2D eigenvalue weighted by atomic mass is 14.9. The van der Waals surface area contributed by atoms with Gasteiger partial charge >= 0.3 is 0 Å². The fourth-order valence-electron chi connectivity index (χ4n) is 3.28. The van der Waals surface area contributed by atoms with Gasteiger partial charge < -0.3 is 5.32 Å². The van der Waals surface area contributed by atoms with Crippen LogP contribution in [0.1, 0.15) is 63.5 Å². The van der Waals surface area contributed by atoms with Crippen LogP contribution in [0.5, 0.6) is 0 Å². The summed E-state index contributed by atoms with van der Waals surface area (Å²) in [5, 5.41) is 3.93. The summed E-state index contributed by atoms with van der Waals surface area (Å²) >= 11 is 0. The quantitative estimate of drug-likeness (QED) is 0.760. The Hall–Kier alpha value is -0.820. The van der Waals surface area contributed by atoms with Crippen LogP contribution in [-0.2, 0) is 12.8 Å². The van der Waals surface area contributed by atoms with Crippen LogP contribution < -0.4 is 5.32 Å². The van der Waals surface area contributed by atoms with Crippen LogP contribution in [0.15, 0.2) is 24.3 Å². The first-order valence-corrected chi connectivity index (χ1v) is 8.16. The first kappa shape index (κ1) is 14.6. The maximum atomic E-state index is 3.93. The predicted molar refractivity (Wildman–Crippen MR) is 83.6 cm³/mol. The lowest BCUT2D eigenvalue weighted by Gasteiger charge is -2.30. The van der Waals surface area contributed by atoms with Crippen molar-refractivity contribution in [3.8, 4) is 0 Å². The highest BCUT2D eigenvalue weighted by molar-refractivity contribution is 5.30. The maximum Gasteiger partial charge on any atom is 0.0113 e. The third-order valence-corrected chi connectivity index (χ3v) is 4.36. The Balaban J connectivity index is 1.88. The average Bonchev–Trinajstić information content (AvgIpc) is 2.45. The van der Waals surface area contributed by atoms with Crippen molar-refractivity contribution in [3.63, 3.8) is 0 Å². The molecule has 1 aliphatic rings. The van der Waals surface area contributed by atoms with E-state index >= 15 is 0 Å². The van der Waals surface area contributed by atoms with E-state index in [2.05, 4.69) is 43.4 Å². The molecule has 1 aliphatic carbocycles. The fourth-order valence-corrected chi connectivity index (χ4v) is 3.28. The van der Waals surface area contributed by atoms with Crippen molar-refractivity contribution >= 4 is 0 Å². The van der Waals surface area contributed by atoms with Crippen molar-refractivity contribution in [2.24, 2.45) is 0 Å². The van der Waals surface area contributed by atoms with Gasteiger partial charge in [-0.05, 0) is 43.2 Å². The van der Waals surface area contributed by atoms with Crippen LogP contribution in [0.3, 0.4) is 0 Å². The molecule has 0 radical (unpaired) electrons. The zero-order valence-electron chi connectivity index (χ0n) is 12.6. The molecule has 0 fully saturated rings. The van der Waals surface area contributed by atoms with E-state index in [1.54, 1.807) is 11.1 Å². The molecule has 2 unspecified atom stereocenters. The Bertz CT molecular complexity index is 372. The normalized spacial score (nSPS) is 20.0. The average molecular weight is 259 g/mol. The topological polar surface area (TPSA) is 12.0 Å². The monoisotopic (exact) mass is 259 g/mol. The lowest BCUT2D eigenvalue weighted by molar-refractivity contribution is 0.355. The van der Waals surface area contributed by atoms with Crippen molar-refractivity contribution in [1.29, 1.82) is 0 Å². The van der Waals surface area contributed by atoms with Crippen LogP contribution in [-0.4, -0.2) is 12.1 Å². The summed E-state index contributed by atoms with van der Waals surface area (Å²) in [5.74, 6) is 0. The molecule has 0 saturated heterocycles. The molecule has 2 rings (SSSR count). The standard InChI is InChI=1S/C18H29N/c1-3-5-11-17(8-4-2)19-18-13-12-15-9-6-7-10-16(15)14-18/h6-7,9-10,17-19H,3-5,8,11-14H2,1-2H3. The molecular formula is C18H29N. The summed E-state index contributed by atoms with van der Waals surface area (Å²) in [5.41, 5.74) is 3.14. The van der Waals surface area contributed by atoms with Gasteiger partial charge in [0.2, 0.25) is 0 Å². The molecule has 0 heterocycles. The minimum absolute atomic E-state index is 0.698. The van der Waals surface area contributed by atoms with Crippen LogP contribution in [0, 0.1) is 0 Å². The number of hydrogen-bond acceptors (Lipinski definition) is 1. The second-order valence-electron chi connectivity index (χ2n) is 6.00. The number of fused-ring (bicyclic) bond motifs is 1. The molecule has 106 valence electrons. The van der Waals surface area contributed by atoms with Gasteiger partial charge in [0, 0.05) is 12.1 Å². The molecule has 0 amide bonds. The zero-order valence-corrected chi connectivity index (χ0v) is 12.6. The van der Waals surface area contributed by atoms with Gasteiger partial charge in [-0.1, -0.05) is 57.4 Å². The summed E-state index contributed by atoms with van der Waals surface area (Å²) in [6.07, 6.45) is 10.4. The predicted octanol–water partition coefficient (Wildman–Crippen LogP) is 4.49. The van der Waals surface area contributed by atoms with Crippen molar-refractivity contribution < 1.29 is 0 Å². The molecule has 1 aromatic rings. The summed E-state index contributed by atoms with van der Waals surface area (Å²) < 4.78 is 0. The van der Waals surface area contributed by atoms with Crippen molar-refractivity contribution in [1.82, 2.24) is 5.32 Å². The van der Waals surface area contributed by atoms with E-state index in [1.807, 2.05) is 0 Å². The Morgan fingerprint density at radius 2 is 1.89 bits per heavy atom. The van der Waals surface area contributed by atoms with Gasteiger partial charge in [0.05, 0.1) is 0 Å². The second-order valence-corrected chi connectivity index (χ2v) is 6.00. The van der Waals surface area contributed by atoms with E-state index < -0.39 is 0 Å². The molecule has 0 spiro atoms. The molecule has 0 saturated carbocycles. The number of rotatable bonds is 7. The minimum atomic E-state index is 0.698. The van der Waals surface area contributed by atoms with E-state index in [0.717, 1.165) is 6.04 Å². The molecular weight excluding hydrogens is 230 g/mol. The lowest BCUT2D eigenvalue weighted by Crippen LogP contribution is -2.41. The number of benzene rings is 1. The Kier molecular flexibility index (Phi) is 5.91. The zero-order chi connectivity index (χ0) is 13.5. The van der Waals surface area contributed by atoms with E-state index in [4.69, 9.17) is 0 Å². The smallest absolute Gasteiger partial charge is 0.0113 e. The third-order valence-electron chi connectivity index (χ3n) is 4.36. The number of hydrogen-bond donors (Lipinski definition) is 1. The maximum absolute atomic E-state index is 3.93. The SMILES string of the molecule is CCCCC(CCC)NC1CCc2ccccc2C1. The fraction of sp³-hybridized carbons (Fsp3) is 0.667. The third kappa shape index (κ3) is 4.35. The van der Waals surface area contributed by atoms with E-state index in [9.17, 15) is 0 Å². The molecule has 0 aromatic heterocycles. The molecule has 0 aliphatic heterocycles. The van der Waals surface area contributed by atoms with Gasteiger partial charge in [-0.2, -0.15) is 0 Å². The largest absolute Gasteiger partial charge is 0.311 e. The number of nitrogens with one attached hydrogen (secondary N) is 1. The van der Waals surface area contributed by atoms with E-state index in [1.165, 1.54) is 51.4 Å². The van der Waals surface area contributed by atoms with Gasteiger partial charge in [0.1, 0.15) is 0 Å². The van der Waals surface area contributed by atoms with Crippen LogP contribution in [0.2, 0.25) is 0 Å². The van der Waals surface area contributed by atoms with Crippen LogP contribution >= 0.6 is 0 Å². The molecule has 1 nitrogen and oxygen atoms in total. The summed E-state index contributed by atoms with van der Waals surface area (Å²) in [7, 11) is 0. The van der Waals surface area contributed by atoms with Crippen LogP contribution in [0.4, 0.5) is 0 Å². The Morgan fingerprint density at radius 1 is 1.11 bits per heavy atom. The highest BCUT2D eigenvalue weighted by Gasteiger charge is 2.20. The second kappa shape index (κ2) is 7.69. The number of aryl methyl sites for hydroxylation is 1. The highest BCUT2D eigenvalue weighted by Crippen LogP contribution is 2.22. The summed E-state index contributed by atoms with van der Waals surface area (Å²) in [4.78, 5) is 0.